The van der Waals surface area contributed by atoms with Crippen molar-refractivity contribution in [2.75, 3.05) is 19.5 Å². The normalized spacial score (nSPS) is 15.9. The molecule has 0 radical (unpaired) electrons. The van der Waals surface area contributed by atoms with Crippen LogP contribution in [0.25, 0.3) is 11.3 Å². The van der Waals surface area contributed by atoms with Crippen LogP contribution in [-0.2, 0) is 4.79 Å². The van der Waals surface area contributed by atoms with Crippen molar-refractivity contribution in [3.05, 3.63) is 53.9 Å². The molecule has 7 heteroatoms. The second-order valence-electron chi connectivity index (χ2n) is 6.01. The van der Waals surface area contributed by atoms with Gasteiger partial charge in [0.2, 0.25) is 5.91 Å². The fourth-order valence-electron chi connectivity index (χ4n) is 3.35. The maximum Gasteiger partial charge on any atom is 0.226 e. The summed E-state index contributed by atoms with van der Waals surface area (Å²) in [5.74, 6) is 1.76. The van der Waals surface area contributed by atoms with Crippen LogP contribution in [0.15, 0.2) is 42.7 Å². The van der Waals surface area contributed by atoms with E-state index in [1.807, 2.05) is 30.3 Å². The number of pyridine rings is 1. The molecule has 0 saturated heterocycles. The first kappa shape index (κ1) is 16.1. The Kier molecular flexibility index (Phi) is 4.04. The molecule has 0 spiro atoms. The second-order valence-corrected chi connectivity index (χ2v) is 6.01. The summed E-state index contributed by atoms with van der Waals surface area (Å²) in [5.41, 5.74) is 3.64. The number of aromatic amines is 1. The molecule has 1 aliphatic rings. The predicted octanol–water partition coefficient (Wildman–Crippen LogP) is 2.96. The van der Waals surface area contributed by atoms with E-state index in [9.17, 15) is 4.79 Å². The molecule has 2 aromatic heterocycles. The highest BCUT2D eigenvalue weighted by molar-refractivity contribution is 5.96. The van der Waals surface area contributed by atoms with Crippen molar-refractivity contribution < 1.29 is 14.3 Å². The Balaban J connectivity index is 1.88. The number of aromatic nitrogens is 3. The quantitative estimate of drug-likeness (QED) is 0.755. The molecule has 1 aromatic carbocycles. The maximum absolute atomic E-state index is 12.1. The van der Waals surface area contributed by atoms with Crippen molar-refractivity contribution >= 4 is 11.7 Å². The third kappa shape index (κ3) is 2.67. The molecule has 132 valence electrons. The Morgan fingerprint density at radius 3 is 2.65 bits per heavy atom. The van der Waals surface area contributed by atoms with Gasteiger partial charge in [-0.3, -0.25) is 14.9 Å². The first-order valence-electron chi connectivity index (χ1n) is 8.21. The lowest BCUT2D eigenvalue weighted by Gasteiger charge is -2.23. The van der Waals surface area contributed by atoms with E-state index in [-0.39, 0.29) is 11.8 Å². The Labute approximate surface area is 150 Å². The van der Waals surface area contributed by atoms with Gasteiger partial charge < -0.3 is 14.8 Å². The number of carbonyl (C=O) groups is 1. The van der Waals surface area contributed by atoms with Crippen LogP contribution in [0.1, 0.15) is 23.5 Å². The van der Waals surface area contributed by atoms with Crippen LogP contribution in [0.4, 0.5) is 5.82 Å². The largest absolute Gasteiger partial charge is 0.497 e. The van der Waals surface area contributed by atoms with Crippen molar-refractivity contribution in [3.8, 4) is 22.8 Å². The number of nitrogens with one attached hydrogen (secondary N) is 2. The van der Waals surface area contributed by atoms with Crippen LogP contribution < -0.4 is 14.8 Å². The molecule has 0 bridgehead atoms. The topological polar surface area (TPSA) is 89.1 Å². The monoisotopic (exact) mass is 350 g/mol. The SMILES string of the molecule is COc1ccc(-c2[nH]nc3c2C(c2ccncc2)CC(=O)N3)c(OC)c1. The Morgan fingerprint density at radius 2 is 1.92 bits per heavy atom. The number of methoxy groups -OCH3 is 2. The summed E-state index contributed by atoms with van der Waals surface area (Å²) in [6, 6.07) is 9.47. The van der Waals surface area contributed by atoms with Crippen molar-refractivity contribution in [3.63, 3.8) is 0 Å². The third-order valence-corrected chi connectivity index (χ3v) is 4.59. The Hall–Kier alpha value is -3.35. The highest BCUT2D eigenvalue weighted by Gasteiger charge is 2.32. The van der Waals surface area contributed by atoms with Crippen LogP contribution in [0.5, 0.6) is 11.5 Å². The summed E-state index contributed by atoms with van der Waals surface area (Å²) >= 11 is 0. The van der Waals surface area contributed by atoms with Gasteiger partial charge in [-0.2, -0.15) is 5.10 Å². The number of fused-ring (bicyclic) bond motifs is 1. The second kappa shape index (κ2) is 6.51. The summed E-state index contributed by atoms with van der Waals surface area (Å²) in [6.45, 7) is 0. The number of benzene rings is 1. The first-order valence-corrected chi connectivity index (χ1v) is 8.21. The molecule has 7 nitrogen and oxygen atoms in total. The molecule has 4 rings (SSSR count). The summed E-state index contributed by atoms with van der Waals surface area (Å²) < 4.78 is 10.8. The number of hydrogen-bond acceptors (Lipinski definition) is 5. The van der Waals surface area contributed by atoms with Gasteiger partial charge in [-0.25, -0.2) is 0 Å². The molecular formula is C19H18N4O3. The number of H-pyrrole nitrogens is 1. The van der Waals surface area contributed by atoms with E-state index in [4.69, 9.17) is 9.47 Å². The van der Waals surface area contributed by atoms with Gasteiger partial charge in [0.25, 0.3) is 0 Å². The molecule has 2 N–H and O–H groups in total. The minimum atomic E-state index is -0.109. The number of hydrogen-bond donors (Lipinski definition) is 2. The van der Waals surface area contributed by atoms with Gasteiger partial charge in [0.05, 0.1) is 19.9 Å². The van der Waals surface area contributed by atoms with Gasteiger partial charge in [0.1, 0.15) is 11.5 Å². The zero-order chi connectivity index (χ0) is 18.1. The molecule has 3 aromatic rings. The van der Waals surface area contributed by atoms with Crippen LogP contribution in [0.2, 0.25) is 0 Å². The minimum Gasteiger partial charge on any atom is -0.497 e. The molecule has 1 atom stereocenters. The number of carbonyl (C=O) groups excluding carboxylic acids is 1. The number of ether oxygens (including phenoxy) is 2. The van der Waals surface area contributed by atoms with Gasteiger partial charge in [0, 0.05) is 41.9 Å². The summed E-state index contributed by atoms with van der Waals surface area (Å²) in [5, 5.41) is 10.2. The molecule has 1 unspecified atom stereocenters. The van der Waals surface area contributed by atoms with E-state index < -0.39 is 0 Å². The van der Waals surface area contributed by atoms with E-state index in [2.05, 4.69) is 20.5 Å². The van der Waals surface area contributed by atoms with Gasteiger partial charge >= 0.3 is 0 Å². The van der Waals surface area contributed by atoms with Gasteiger partial charge in [0.15, 0.2) is 5.82 Å². The average Bonchev–Trinajstić information content (AvgIpc) is 3.11. The molecule has 0 saturated carbocycles. The van der Waals surface area contributed by atoms with Crippen LogP contribution in [0, 0.1) is 0 Å². The summed E-state index contributed by atoms with van der Waals surface area (Å²) in [6.07, 6.45) is 3.81. The van der Waals surface area contributed by atoms with E-state index >= 15 is 0 Å². The molecule has 0 fully saturated rings. The van der Waals surface area contributed by atoms with E-state index in [1.54, 1.807) is 26.6 Å². The average molecular weight is 350 g/mol. The highest BCUT2D eigenvalue weighted by atomic mass is 16.5. The number of nitrogens with zero attached hydrogens (tertiary/aromatic N) is 2. The van der Waals surface area contributed by atoms with Gasteiger partial charge in [-0.15, -0.1) is 0 Å². The lowest BCUT2D eigenvalue weighted by molar-refractivity contribution is -0.116. The molecule has 1 aliphatic heterocycles. The summed E-state index contributed by atoms with van der Waals surface area (Å²) in [4.78, 5) is 16.2. The number of anilines is 1. The zero-order valence-corrected chi connectivity index (χ0v) is 14.4. The summed E-state index contributed by atoms with van der Waals surface area (Å²) in [7, 11) is 3.23. The van der Waals surface area contributed by atoms with Gasteiger partial charge in [-0.05, 0) is 29.8 Å². The zero-order valence-electron chi connectivity index (χ0n) is 14.4. The molecule has 0 aliphatic carbocycles. The Morgan fingerprint density at radius 1 is 1.12 bits per heavy atom. The van der Waals surface area contributed by atoms with Crippen LogP contribution >= 0.6 is 0 Å². The van der Waals surface area contributed by atoms with Crippen molar-refractivity contribution in [2.24, 2.45) is 0 Å². The fourth-order valence-corrected chi connectivity index (χ4v) is 3.35. The number of amides is 1. The van der Waals surface area contributed by atoms with Crippen molar-refractivity contribution in [2.45, 2.75) is 12.3 Å². The minimum absolute atomic E-state index is 0.0564. The highest BCUT2D eigenvalue weighted by Crippen LogP contribution is 2.44. The van der Waals surface area contributed by atoms with Crippen molar-refractivity contribution in [1.29, 1.82) is 0 Å². The molecule has 1 amide bonds. The Bertz CT molecular complexity index is 953. The van der Waals surface area contributed by atoms with Crippen LogP contribution in [0.3, 0.4) is 0 Å². The lowest BCUT2D eigenvalue weighted by atomic mass is 9.85. The maximum atomic E-state index is 12.1. The van der Waals surface area contributed by atoms with E-state index in [0.717, 1.165) is 22.4 Å². The van der Waals surface area contributed by atoms with E-state index in [1.165, 1.54) is 0 Å². The molecule has 3 heterocycles. The van der Waals surface area contributed by atoms with Crippen molar-refractivity contribution in [1.82, 2.24) is 15.2 Å². The van der Waals surface area contributed by atoms with Crippen LogP contribution in [-0.4, -0.2) is 35.3 Å². The smallest absolute Gasteiger partial charge is 0.226 e. The molecular weight excluding hydrogens is 332 g/mol. The number of rotatable bonds is 4. The van der Waals surface area contributed by atoms with Gasteiger partial charge in [-0.1, -0.05) is 0 Å². The fraction of sp³-hybridized carbons (Fsp3) is 0.211. The standard InChI is InChI=1S/C19H18N4O3/c1-25-12-3-4-13(15(9-12)26-2)18-17-14(11-5-7-20-8-6-11)10-16(24)21-19(17)23-22-18/h3-9,14H,10H2,1-2H3,(H2,21,22,23,24). The lowest BCUT2D eigenvalue weighted by Crippen LogP contribution is -2.23. The predicted molar refractivity (Wildman–Crippen MR) is 96.5 cm³/mol. The molecule has 26 heavy (non-hydrogen) atoms. The third-order valence-electron chi connectivity index (χ3n) is 4.59. The van der Waals surface area contributed by atoms with E-state index in [0.29, 0.717) is 23.7 Å². The first-order chi connectivity index (χ1) is 12.7.